The van der Waals surface area contributed by atoms with Gasteiger partial charge in [-0.15, -0.1) is 0 Å². The molecule has 0 aliphatic carbocycles. The van der Waals surface area contributed by atoms with E-state index in [1.165, 1.54) is 199 Å². The maximum Gasteiger partial charge on any atom is -0.0351 e. The Labute approximate surface area is 236 Å². The lowest BCUT2D eigenvalue weighted by molar-refractivity contribution is 0.531. The van der Waals surface area contributed by atoms with Gasteiger partial charge in [-0.05, 0) is 51.4 Å². The van der Waals surface area contributed by atoms with Crippen LogP contribution in [0.2, 0.25) is 0 Å². The smallest absolute Gasteiger partial charge is 0.0351 e. The maximum atomic E-state index is 2.45. The van der Waals surface area contributed by atoms with Crippen LogP contribution >= 0.6 is 0 Å². The first-order valence-electron chi connectivity index (χ1n) is 17.7. The molecule has 0 bridgehead atoms. The molecule has 0 unspecified atom stereocenters. The summed E-state index contributed by atoms with van der Waals surface area (Å²) < 4.78 is 0. The van der Waals surface area contributed by atoms with Gasteiger partial charge in [-0.3, -0.25) is 0 Å². The molecule has 0 N–H and O–H groups in total. The van der Waals surface area contributed by atoms with E-state index >= 15 is 0 Å². The average Bonchev–Trinajstić information content (AvgIpc) is 2.91. The first-order chi connectivity index (χ1) is 18.4. The minimum absolute atomic E-state index is 1.31. The Morgan fingerprint density at radius 1 is 0.216 bits per heavy atom. The fraction of sp³-hybridized carbons (Fsp3) is 0.892. The van der Waals surface area contributed by atoms with E-state index in [0.717, 1.165) is 0 Å². The van der Waals surface area contributed by atoms with Gasteiger partial charge in [0, 0.05) is 0 Å². The zero-order chi connectivity index (χ0) is 26.7. The number of allylic oxidation sites excluding steroid dienone is 4. The van der Waals surface area contributed by atoms with E-state index in [-0.39, 0.29) is 0 Å². The van der Waals surface area contributed by atoms with Gasteiger partial charge in [0.15, 0.2) is 0 Å². The first kappa shape index (κ1) is 36.5. The van der Waals surface area contributed by atoms with Crippen molar-refractivity contribution in [2.75, 3.05) is 0 Å². The van der Waals surface area contributed by atoms with Gasteiger partial charge in [0.25, 0.3) is 0 Å². The van der Waals surface area contributed by atoms with E-state index in [9.17, 15) is 0 Å². The minimum atomic E-state index is 1.31. The number of unbranched alkanes of at least 4 members (excludes halogenated alkanes) is 28. The van der Waals surface area contributed by atoms with Crippen molar-refractivity contribution in [3.05, 3.63) is 24.3 Å². The number of hydrogen-bond acceptors (Lipinski definition) is 0. The average molecular weight is 517 g/mol. The van der Waals surface area contributed by atoms with Crippen LogP contribution in [-0.2, 0) is 0 Å². The summed E-state index contributed by atoms with van der Waals surface area (Å²) in [4.78, 5) is 0. The summed E-state index contributed by atoms with van der Waals surface area (Å²) in [6.45, 7) is 4.59. The predicted molar refractivity (Wildman–Crippen MR) is 173 cm³/mol. The molecule has 0 aromatic rings. The molecule has 0 heteroatoms. The number of rotatable bonds is 32. The molecule has 0 rings (SSSR count). The van der Waals surface area contributed by atoms with Crippen molar-refractivity contribution in [1.29, 1.82) is 0 Å². The van der Waals surface area contributed by atoms with Crippen molar-refractivity contribution >= 4 is 0 Å². The van der Waals surface area contributed by atoms with E-state index < -0.39 is 0 Å². The molecular weight excluding hydrogens is 444 g/mol. The van der Waals surface area contributed by atoms with Crippen LogP contribution in [0, 0.1) is 0 Å². The number of hydrogen-bond donors (Lipinski definition) is 0. The quantitative estimate of drug-likeness (QED) is 0.0616. The lowest BCUT2D eigenvalue weighted by Crippen LogP contribution is -1.83. The van der Waals surface area contributed by atoms with Crippen LogP contribution in [0.1, 0.15) is 213 Å². The molecule has 0 radical (unpaired) electrons. The van der Waals surface area contributed by atoms with E-state index in [1.54, 1.807) is 0 Å². The zero-order valence-electron chi connectivity index (χ0n) is 26.2. The van der Waals surface area contributed by atoms with Gasteiger partial charge in [-0.1, -0.05) is 186 Å². The zero-order valence-corrected chi connectivity index (χ0v) is 26.2. The third-order valence-electron chi connectivity index (χ3n) is 8.02. The molecule has 0 aliphatic rings. The summed E-state index contributed by atoms with van der Waals surface area (Å²) in [5, 5.41) is 0. The van der Waals surface area contributed by atoms with Crippen molar-refractivity contribution < 1.29 is 0 Å². The van der Waals surface area contributed by atoms with Crippen molar-refractivity contribution in [3.8, 4) is 0 Å². The van der Waals surface area contributed by atoms with Crippen LogP contribution in [0.4, 0.5) is 0 Å². The highest BCUT2D eigenvalue weighted by atomic mass is 14.0. The molecule has 0 amide bonds. The molecule has 0 saturated carbocycles. The van der Waals surface area contributed by atoms with E-state index in [2.05, 4.69) is 38.2 Å². The van der Waals surface area contributed by atoms with Crippen LogP contribution in [0.15, 0.2) is 24.3 Å². The molecule has 0 spiro atoms. The molecular formula is C37H72. The Bertz CT molecular complexity index is 391. The monoisotopic (exact) mass is 517 g/mol. The van der Waals surface area contributed by atoms with Gasteiger partial charge < -0.3 is 0 Å². The Kier molecular flexibility index (Phi) is 35.0. The molecule has 0 aliphatic heterocycles. The Balaban J connectivity index is 3.09. The predicted octanol–water partition coefficient (Wildman–Crippen LogP) is 14.2. The molecule has 37 heavy (non-hydrogen) atoms. The minimum Gasteiger partial charge on any atom is -0.0885 e. The summed E-state index contributed by atoms with van der Waals surface area (Å²) in [5.74, 6) is 0. The molecule has 0 aromatic carbocycles. The molecule has 0 atom stereocenters. The molecule has 0 saturated heterocycles. The molecule has 220 valence electrons. The second-order valence-corrected chi connectivity index (χ2v) is 11.9. The second-order valence-electron chi connectivity index (χ2n) is 11.9. The van der Waals surface area contributed by atoms with Crippen molar-refractivity contribution in [1.82, 2.24) is 0 Å². The topological polar surface area (TPSA) is 0 Å². The Hall–Kier alpha value is -0.520. The third-order valence-corrected chi connectivity index (χ3v) is 8.02. The summed E-state index contributed by atoms with van der Waals surface area (Å²) in [6.07, 6.45) is 53.9. The summed E-state index contributed by atoms with van der Waals surface area (Å²) in [6, 6.07) is 0. The molecule has 0 nitrogen and oxygen atoms in total. The highest BCUT2D eigenvalue weighted by molar-refractivity contribution is 4.82. The summed E-state index contributed by atoms with van der Waals surface area (Å²) >= 11 is 0. The Morgan fingerprint density at radius 2 is 0.378 bits per heavy atom. The molecule has 0 heterocycles. The van der Waals surface area contributed by atoms with Crippen LogP contribution in [0.5, 0.6) is 0 Å². The van der Waals surface area contributed by atoms with Crippen LogP contribution in [-0.4, -0.2) is 0 Å². The third kappa shape index (κ3) is 35.5. The highest BCUT2D eigenvalue weighted by Crippen LogP contribution is 2.15. The van der Waals surface area contributed by atoms with E-state index in [1.807, 2.05) is 0 Å². The van der Waals surface area contributed by atoms with Crippen LogP contribution in [0.25, 0.3) is 0 Å². The second kappa shape index (κ2) is 35.5. The first-order valence-corrected chi connectivity index (χ1v) is 17.7. The fourth-order valence-electron chi connectivity index (χ4n) is 5.38. The van der Waals surface area contributed by atoms with Gasteiger partial charge in [-0.2, -0.15) is 0 Å². The standard InChI is InChI=1S/C37H72/c1-3-5-7-9-11-13-15-17-19-21-23-25-27-29-31-33-35-37-36-34-32-30-28-26-24-22-20-18-16-14-12-10-8-6-4-2/h17-20H,3-16,21-37H2,1-2H3. The van der Waals surface area contributed by atoms with Crippen LogP contribution < -0.4 is 0 Å². The maximum absolute atomic E-state index is 2.45. The van der Waals surface area contributed by atoms with Crippen molar-refractivity contribution in [2.45, 2.75) is 213 Å². The fourth-order valence-corrected chi connectivity index (χ4v) is 5.38. The van der Waals surface area contributed by atoms with Gasteiger partial charge >= 0.3 is 0 Å². The normalized spacial score (nSPS) is 11.9. The Morgan fingerprint density at radius 3 is 0.568 bits per heavy atom. The highest BCUT2D eigenvalue weighted by Gasteiger charge is 1.95. The largest absolute Gasteiger partial charge is 0.0885 e. The van der Waals surface area contributed by atoms with E-state index in [0.29, 0.717) is 0 Å². The molecule has 0 fully saturated rings. The van der Waals surface area contributed by atoms with Gasteiger partial charge in [0.05, 0.1) is 0 Å². The van der Waals surface area contributed by atoms with Crippen molar-refractivity contribution in [3.63, 3.8) is 0 Å². The lowest BCUT2D eigenvalue weighted by atomic mass is 10.0. The van der Waals surface area contributed by atoms with E-state index in [4.69, 9.17) is 0 Å². The SMILES string of the molecule is CCCCCCCCC=CCCCCCCCCCCCCCCCCCC=CCCCCCCCC. The van der Waals surface area contributed by atoms with Gasteiger partial charge in [0.2, 0.25) is 0 Å². The lowest BCUT2D eigenvalue weighted by Gasteiger charge is -2.03. The summed E-state index contributed by atoms with van der Waals surface area (Å²) in [7, 11) is 0. The van der Waals surface area contributed by atoms with Crippen molar-refractivity contribution in [2.24, 2.45) is 0 Å². The van der Waals surface area contributed by atoms with Gasteiger partial charge in [0.1, 0.15) is 0 Å². The van der Waals surface area contributed by atoms with Crippen LogP contribution in [0.3, 0.4) is 0 Å². The summed E-state index contributed by atoms with van der Waals surface area (Å²) in [5.41, 5.74) is 0. The molecule has 0 aromatic heterocycles. The van der Waals surface area contributed by atoms with Gasteiger partial charge in [-0.25, -0.2) is 0 Å².